The second kappa shape index (κ2) is 6.21. The molecular formula is C14H18FN3S. The molecule has 0 aliphatic heterocycles. The van der Waals surface area contributed by atoms with Crippen molar-refractivity contribution in [3.63, 3.8) is 0 Å². The van der Waals surface area contributed by atoms with Gasteiger partial charge in [-0.2, -0.15) is 0 Å². The number of benzene rings is 1. The first kappa shape index (κ1) is 14.1. The van der Waals surface area contributed by atoms with E-state index >= 15 is 0 Å². The maximum atomic E-state index is 13.7. The van der Waals surface area contributed by atoms with Crippen LogP contribution in [0.5, 0.6) is 0 Å². The molecule has 0 bridgehead atoms. The van der Waals surface area contributed by atoms with E-state index in [1.807, 2.05) is 19.1 Å². The molecule has 0 radical (unpaired) electrons. The zero-order valence-electron chi connectivity index (χ0n) is 11.4. The van der Waals surface area contributed by atoms with Gasteiger partial charge in [-0.05, 0) is 55.5 Å². The molecule has 2 rings (SSSR count). The molecule has 0 saturated carbocycles. The van der Waals surface area contributed by atoms with Crippen LogP contribution in [0.4, 0.5) is 4.39 Å². The minimum Gasteiger partial charge on any atom is -0.305 e. The van der Waals surface area contributed by atoms with Crippen molar-refractivity contribution in [2.45, 2.75) is 33.2 Å². The molecule has 0 saturated heterocycles. The molecule has 1 unspecified atom stereocenters. The second-order valence-corrected chi connectivity index (χ2v) is 5.40. The van der Waals surface area contributed by atoms with Crippen LogP contribution in [0.2, 0.25) is 0 Å². The van der Waals surface area contributed by atoms with Crippen molar-refractivity contribution in [3.8, 4) is 0 Å². The fourth-order valence-corrected chi connectivity index (χ4v) is 2.69. The summed E-state index contributed by atoms with van der Waals surface area (Å²) >= 11 is 1.37. The van der Waals surface area contributed by atoms with Gasteiger partial charge in [0.2, 0.25) is 0 Å². The fraction of sp³-hybridized carbons (Fsp3) is 0.429. The lowest BCUT2D eigenvalue weighted by Crippen LogP contribution is -2.23. The molecule has 0 amide bonds. The number of nitrogens with one attached hydrogen (secondary N) is 1. The third-order valence-corrected chi connectivity index (χ3v) is 3.97. The Bertz CT molecular complexity index is 553. The monoisotopic (exact) mass is 279 g/mol. The van der Waals surface area contributed by atoms with Crippen molar-refractivity contribution in [1.82, 2.24) is 14.9 Å². The molecule has 0 fully saturated rings. The third-order valence-electron chi connectivity index (χ3n) is 3.08. The van der Waals surface area contributed by atoms with Gasteiger partial charge in [-0.25, -0.2) is 4.39 Å². The van der Waals surface area contributed by atoms with E-state index in [1.54, 1.807) is 13.0 Å². The summed E-state index contributed by atoms with van der Waals surface area (Å²) in [6.45, 7) is 6.69. The number of rotatable bonds is 5. The largest absolute Gasteiger partial charge is 0.305 e. The lowest BCUT2D eigenvalue weighted by atomic mass is 10.0. The van der Waals surface area contributed by atoms with Gasteiger partial charge in [0.05, 0.1) is 16.6 Å². The predicted molar refractivity (Wildman–Crippen MR) is 75.9 cm³/mol. The second-order valence-electron chi connectivity index (χ2n) is 4.62. The Morgan fingerprint density at radius 3 is 2.74 bits per heavy atom. The van der Waals surface area contributed by atoms with Crippen LogP contribution in [0.15, 0.2) is 18.2 Å². The zero-order chi connectivity index (χ0) is 13.8. The summed E-state index contributed by atoms with van der Waals surface area (Å²) in [5.41, 5.74) is 2.49. The summed E-state index contributed by atoms with van der Waals surface area (Å²) < 4.78 is 17.7. The molecule has 1 N–H and O–H groups in total. The van der Waals surface area contributed by atoms with E-state index in [1.165, 1.54) is 11.5 Å². The summed E-state index contributed by atoms with van der Waals surface area (Å²) in [4.78, 5) is 1.05. The highest BCUT2D eigenvalue weighted by Crippen LogP contribution is 2.27. The van der Waals surface area contributed by atoms with Crippen LogP contribution in [-0.4, -0.2) is 16.1 Å². The minimum atomic E-state index is -0.170. The van der Waals surface area contributed by atoms with E-state index in [-0.39, 0.29) is 11.9 Å². The van der Waals surface area contributed by atoms with Crippen molar-refractivity contribution < 1.29 is 4.39 Å². The average Bonchev–Trinajstić information content (AvgIpc) is 2.80. The first-order chi connectivity index (χ1) is 9.13. The van der Waals surface area contributed by atoms with Crippen LogP contribution in [0.1, 0.15) is 41.1 Å². The Balaban J connectivity index is 2.37. The summed E-state index contributed by atoms with van der Waals surface area (Å²) in [6.07, 6.45) is 1.02. The highest BCUT2D eigenvalue weighted by Gasteiger charge is 2.19. The highest BCUT2D eigenvalue weighted by molar-refractivity contribution is 7.05. The van der Waals surface area contributed by atoms with E-state index in [2.05, 4.69) is 21.8 Å². The van der Waals surface area contributed by atoms with Crippen molar-refractivity contribution in [2.75, 3.05) is 6.54 Å². The summed E-state index contributed by atoms with van der Waals surface area (Å²) in [6, 6.07) is 5.34. The molecule has 0 spiro atoms. The van der Waals surface area contributed by atoms with Gasteiger partial charge < -0.3 is 5.32 Å². The molecule has 3 nitrogen and oxygen atoms in total. The standard InChI is InChI=1S/C14H18FN3S/c1-4-7-16-13(14-10(3)17-18-19-14)11-6-5-9(2)12(15)8-11/h5-6,8,13,16H,4,7H2,1-3H3. The third kappa shape index (κ3) is 3.16. The SMILES string of the molecule is CCCNC(c1ccc(C)c(F)c1)c1snnc1C. The molecule has 1 aromatic heterocycles. The number of hydrogen-bond acceptors (Lipinski definition) is 4. The lowest BCUT2D eigenvalue weighted by Gasteiger charge is -2.18. The van der Waals surface area contributed by atoms with Crippen molar-refractivity contribution in [3.05, 3.63) is 45.7 Å². The first-order valence-electron chi connectivity index (χ1n) is 6.41. The summed E-state index contributed by atoms with van der Waals surface area (Å²) in [5, 5.41) is 7.49. The van der Waals surface area contributed by atoms with Crippen molar-refractivity contribution in [2.24, 2.45) is 0 Å². The van der Waals surface area contributed by atoms with E-state index in [0.717, 1.165) is 29.1 Å². The molecule has 0 aliphatic rings. The molecule has 1 heterocycles. The van der Waals surface area contributed by atoms with Gasteiger partial charge in [-0.1, -0.05) is 23.5 Å². The Morgan fingerprint density at radius 1 is 1.37 bits per heavy atom. The van der Waals surface area contributed by atoms with Crippen LogP contribution in [0, 0.1) is 19.7 Å². The van der Waals surface area contributed by atoms with Crippen LogP contribution in [0.25, 0.3) is 0 Å². The molecule has 19 heavy (non-hydrogen) atoms. The summed E-state index contributed by atoms with van der Waals surface area (Å²) in [7, 11) is 0. The van der Waals surface area contributed by atoms with Crippen LogP contribution < -0.4 is 5.32 Å². The zero-order valence-corrected chi connectivity index (χ0v) is 12.2. The van der Waals surface area contributed by atoms with Gasteiger partial charge in [0, 0.05) is 0 Å². The number of aryl methyl sites for hydroxylation is 2. The normalized spacial score (nSPS) is 12.6. The van der Waals surface area contributed by atoms with Gasteiger partial charge >= 0.3 is 0 Å². The highest BCUT2D eigenvalue weighted by atomic mass is 32.1. The number of hydrogen-bond donors (Lipinski definition) is 1. The Hall–Kier alpha value is -1.33. The topological polar surface area (TPSA) is 37.8 Å². The van der Waals surface area contributed by atoms with Gasteiger partial charge in [0.1, 0.15) is 5.82 Å². The van der Waals surface area contributed by atoms with Gasteiger partial charge in [0.25, 0.3) is 0 Å². The molecule has 1 atom stereocenters. The fourth-order valence-electron chi connectivity index (χ4n) is 1.94. The smallest absolute Gasteiger partial charge is 0.126 e. The Kier molecular flexibility index (Phi) is 4.61. The molecule has 102 valence electrons. The molecule has 0 aliphatic carbocycles. The van der Waals surface area contributed by atoms with Gasteiger partial charge in [0.15, 0.2) is 0 Å². The molecule has 1 aromatic carbocycles. The van der Waals surface area contributed by atoms with E-state index in [4.69, 9.17) is 0 Å². The van der Waals surface area contributed by atoms with Crippen molar-refractivity contribution in [1.29, 1.82) is 0 Å². The average molecular weight is 279 g/mol. The molecular weight excluding hydrogens is 261 g/mol. The Morgan fingerprint density at radius 2 is 2.16 bits per heavy atom. The van der Waals surface area contributed by atoms with Crippen LogP contribution in [-0.2, 0) is 0 Å². The van der Waals surface area contributed by atoms with Crippen LogP contribution in [0.3, 0.4) is 0 Å². The maximum absolute atomic E-state index is 13.7. The molecule has 5 heteroatoms. The Labute approximate surface area is 117 Å². The summed E-state index contributed by atoms with van der Waals surface area (Å²) in [5.74, 6) is -0.170. The van der Waals surface area contributed by atoms with Crippen LogP contribution >= 0.6 is 11.5 Å². The number of nitrogens with zero attached hydrogens (tertiary/aromatic N) is 2. The first-order valence-corrected chi connectivity index (χ1v) is 7.19. The maximum Gasteiger partial charge on any atom is 0.126 e. The predicted octanol–water partition coefficient (Wildman–Crippen LogP) is 3.38. The van der Waals surface area contributed by atoms with Gasteiger partial charge in [-0.15, -0.1) is 5.10 Å². The quantitative estimate of drug-likeness (QED) is 0.911. The number of aromatic nitrogens is 2. The number of halogens is 1. The van der Waals surface area contributed by atoms with Crippen molar-refractivity contribution >= 4 is 11.5 Å². The van der Waals surface area contributed by atoms with E-state index in [0.29, 0.717) is 5.56 Å². The van der Waals surface area contributed by atoms with Gasteiger partial charge in [-0.3, -0.25) is 0 Å². The van der Waals surface area contributed by atoms with E-state index < -0.39 is 0 Å². The van der Waals surface area contributed by atoms with E-state index in [9.17, 15) is 4.39 Å². The minimum absolute atomic E-state index is 0.0324. The molecule has 2 aromatic rings. The lowest BCUT2D eigenvalue weighted by molar-refractivity contribution is 0.585.